The van der Waals surface area contributed by atoms with Crippen molar-refractivity contribution in [2.45, 2.75) is 39.0 Å². The first-order valence-corrected chi connectivity index (χ1v) is 10.7. The summed E-state index contributed by atoms with van der Waals surface area (Å²) in [6.07, 6.45) is 6.20. The number of likely N-dealkylation sites (tertiary alicyclic amines) is 2. The van der Waals surface area contributed by atoms with Crippen LogP contribution in [0.25, 0.3) is 0 Å². The highest BCUT2D eigenvalue weighted by Gasteiger charge is 2.48. The quantitative estimate of drug-likeness (QED) is 0.739. The average Bonchev–Trinajstić information content (AvgIpc) is 3.44. The Morgan fingerprint density at radius 1 is 1.15 bits per heavy atom. The Hall–Kier alpha value is -1.39. The van der Waals surface area contributed by atoms with Crippen LogP contribution in [0.15, 0.2) is 30.3 Å². The molecule has 0 N–H and O–H groups in total. The van der Waals surface area contributed by atoms with E-state index < -0.39 is 0 Å². The molecule has 4 nitrogen and oxygen atoms in total. The number of nitrogens with zero attached hydrogens (tertiary/aromatic N) is 2. The smallest absolute Gasteiger partial charge is 0.219 e. The van der Waals surface area contributed by atoms with Crippen molar-refractivity contribution in [3.05, 3.63) is 35.9 Å². The summed E-state index contributed by atoms with van der Waals surface area (Å²) in [5, 5.41) is 0. The van der Waals surface area contributed by atoms with Gasteiger partial charge in [0.2, 0.25) is 5.91 Å². The average molecular weight is 371 g/mol. The molecule has 3 aliphatic rings. The number of benzene rings is 1. The Bertz CT molecular complexity index is 621. The Kier molecular flexibility index (Phi) is 5.84. The molecular weight excluding hydrogens is 336 g/mol. The van der Waals surface area contributed by atoms with Crippen LogP contribution in [-0.2, 0) is 16.0 Å². The lowest BCUT2D eigenvalue weighted by Gasteiger charge is -2.42. The van der Waals surface area contributed by atoms with Crippen molar-refractivity contribution in [2.24, 2.45) is 17.3 Å². The van der Waals surface area contributed by atoms with Crippen LogP contribution in [0.4, 0.5) is 0 Å². The van der Waals surface area contributed by atoms with E-state index in [0.29, 0.717) is 5.92 Å². The van der Waals surface area contributed by atoms with Gasteiger partial charge in [-0.2, -0.15) is 0 Å². The molecule has 1 atom stereocenters. The minimum absolute atomic E-state index is 0.227. The molecule has 0 radical (unpaired) electrons. The van der Waals surface area contributed by atoms with Crippen LogP contribution in [0.2, 0.25) is 0 Å². The summed E-state index contributed by atoms with van der Waals surface area (Å²) in [4.78, 5) is 16.7. The van der Waals surface area contributed by atoms with Gasteiger partial charge in [0.25, 0.3) is 0 Å². The maximum absolute atomic E-state index is 12.0. The van der Waals surface area contributed by atoms with E-state index in [0.717, 1.165) is 58.3 Å². The second-order valence-corrected chi connectivity index (χ2v) is 9.02. The highest BCUT2D eigenvalue weighted by atomic mass is 16.5. The Labute approximate surface area is 163 Å². The third-order valence-electron chi connectivity index (χ3n) is 7.04. The number of carbonyl (C=O) groups is 1. The minimum atomic E-state index is 0.227. The summed E-state index contributed by atoms with van der Waals surface area (Å²) in [6.45, 7) is 8.75. The molecular formula is C23H34N2O2. The molecule has 1 saturated carbocycles. The maximum Gasteiger partial charge on any atom is 0.219 e. The lowest BCUT2D eigenvalue weighted by molar-refractivity contribution is -0.128. The molecule has 0 unspecified atom stereocenters. The summed E-state index contributed by atoms with van der Waals surface area (Å²) in [7, 11) is 0. The van der Waals surface area contributed by atoms with Crippen LogP contribution >= 0.6 is 0 Å². The third-order valence-corrected chi connectivity index (χ3v) is 7.04. The fourth-order valence-electron chi connectivity index (χ4n) is 4.88. The number of hydrogen-bond donors (Lipinski definition) is 0. The first-order chi connectivity index (χ1) is 13.1. The van der Waals surface area contributed by atoms with Crippen molar-refractivity contribution in [3.8, 4) is 0 Å². The highest BCUT2D eigenvalue weighted by Crippen LogP contribution is 2.45. The molecule has 1 aromatic carbocycles. The van der Waals surface area contributed by atoms with Crippen LogP contribution < -0.4 is 0 Å². The van der Waals surface area contributed by atoms with Gasteiger partial charge in [-0.25, -0.2) is 0 Å². The van der Waals surface area contributed by atoms with E-state index in [9.17, 15) is 4.79 Å². The summed E-state index contributed by atoms with van der Waals surface area (Å²) in [6, 6.07) is 10.8. The number of carbonyl (C=O) groups excluding carboxylic acids is 1. The molecule has 2 aliphatic heterocycles. The highest BCUT2D eigenvalue weighted by molar-refractivity contribution is 5.73. The van der Waals surface area contributed by atoms with Crippen LogP contribution in [0.3, 0.4) is 0 Å². The van der Waals surface area contributed by atoms with E-state index in [4.69, 9.17) is 4.74 Å². The lowest BCUT2D eigenvalue weighted by atomic mass is 9.71. The zero-order chi connectivity index (χ0) is 18.7. The molecule has 4 rings (SSSR count). The molecule has 0 bridgehead atoms. The second kappa shape index (κ2) is 8.32. The first-order valence-electron chi connectivity index (χ1n) is 10.7. The standard InChI is InChI=1S/C23H34N2O2/c1-19(26)25-15-22(17-27-16-21-7-8-21)23(18-25)10-13-24(14-11-23)12-9-20-5-3-2-4-6-20/h2-6,21-22H,7-18H2,1H3/t22-/m0/s1. The topological polar surface area (TPSA) is 32.8 Å². The Balaban J connectivity index is 1.31. The van der Waals surface area contributed by atoms with Crippen LogP contribution in [0.1, 0.15) is 38.2 Å². The van der Waals surface area contributed by atoms with Crippen molar-refractivity contribution in [1.29, 1.82) is 0 Å². The summed E-state index contributed by atoms with van der Waals surface area (Å²) in [5.74, 6) is 1.55. The van der Waals surface area contributed by atoms with Gasteiger partial charge in [-0.05, 0) is 62.1 Å². The number of hydrogen-bond acceptors (Lipinski definition) is 3. The van der Waals surface area contributed by atoms with E-state index in [1.807, 2.05) is 0 Å². The molecule has 0 aromatic heterocycles. The van der Waals surface area contributed by atoms with Gasteiger partial charge in [-0.15, -0.1) is 0 Å². The molecule has 3 fully saturated rings. The zero-order valence-corrected chi connectivity index (χ0v) is 16.7. The first kappa shape index (κ1) is 18.9. The molecule has 1 amide bonds. The fraction of sp³-hybridized carbons (Fsp3) is 0.696. The molecule has 1 aliphatic carbocycles. The normalized spacial score (nSPS) is 25.2. The van der Waals surface area contributed by atoms with Gasteiger partial charge in [-0.3, -0.25) is 4.79 Å². The van der Waals surface area contributed by atoms with E-state index in [2.05, 4.69) is 40.1 Å². The van der Waals surface area contributed by atoms with E-state index in [1.165, 1.54) is 31.2 Å². The summed E-state index contributed by atoms with van der Waals surface area (Å²) < 4.78 is 6.08. The molecule has 1 spiro atoms. The van der Waals surface area contributed by atoms with Gasteiger partial charge in [0.1, 0.15) is 0 Å². The zero-order valence-electron chi connectivity index (χ0n) is 16.7. The van der Waals surface area contributed by atoms with E-state index >= 15 is 0 Å². The van der Waals surface area contributed by atoms with Gasteiger partial charge >= 0.3 is 0 Å². The fourth-order valence-corrected chi connectivity index (χ4v) is 4.88. The Morgan fingerprint density at radius 2 is 1.89 bits per heavy atom. The second-order valence-electron chi connectivity index (χ2n) is 9.02. The van der Waals surface area contributed by atoms with Gasteiger partial charge < -0.3 is 14.5 Å². The molecule has 148 valence electrons. The van der Waals surface area contributed by atoms with Crippen molar-refractivity contribution in [3.63, 3.8) is 0 Å². The predicted octanol–water partition coefficient (Wildman–Crippen LogP) is 3.22. The number of rotatable bonds is 7. The predicted molar refractivity (Wildman–Crippen MR) is 108 cm³/mol. The molecule has 2 heterocycles. The van der Waals surface area contributed by atoms with Gasteiger partial charge in [-0.1, -0.05) is 30.3 Å². The van der Waals surface area contributed by atoms with Crippen molar-refractivity contribution in [1.82, 2.24) is 9.80 Å². The monoisotopic (exact) mass is 370 g/mol. The largest absolute Gasteiger partial charge is 0.381 e. The number of ether oxygens (including phenoxy) is 1. The molecule has 4 heteroatoms. The lowest BCUT2D eigenvalue weighted by Crippen LogP contribution is -2.46. The summed E-state index contributed by atoms with van der Waals surface area (Å²) in [5.41, 5.74) is 1.70. The number of piperidine rings is 1. The van der Waals surface area contributed by atoms with Crippen molar-refractivity contribution >= 4 is 5.91 Å². The van der Waals surface area contributed by atoms with E-state index in [-0.39, 0.29) is 11.3 Å². The maximum atomic E-state index is 12.0. The SMILES string of the molecule is CC(=O)N1C[C@@H](COCC2CC2)C2(CCN(CCc3ccccc3)CC2)C1. The van der Waals surface area contributed by atoms with Gasteiger partial charge in [0.05, 0.1) is 6.61 Å². The van der Waals surface area contributed by atoms with E-state index in [1.54, 1.807) is 6.92 Å². The molecule has 27 heavy (non-hydrogen) atoms. The van der Waals surface area contributed by atoms with Gasteiger partial charge in [0.15, 0.2) is 0 Å². The molecule has 2 saturated heterocycles. The van der Waals surface area contributed by atoms with Crippen molar-refractivity contribution in [2.75, 3.05) is 45.9 Å². The van der Waals surface area contributed by atoms with Gasteiger partial charge in [0, 0.05) is 39.1 Å². The minimum Gasteiger partial charge on any atom is -0.381 e. The summed E-state index contributed by atoms with van der Waals surface area (Å²) >= 11 is 0. The van der Waals surface area contributed by atoms with Crippen LogP contribution in [0.5, 0.6) is 0 Å². The van der Waals surface area contributed by atoms with Crippen LogP contribution in [-0.4, -0.2) is 61.6 Å². The number of amides is 1. The third kappa shape index (κ3) is 4.72. The van der Waals surface area contributed by atoms with Crippen LogP contribution in [0, 0.1) is 17.3 Å². The molecule has 1 aromatic rings. The van der Waals surface area contributed by atoms with Crippen molar-refractivity contribution < 1.29 is 9.53 Å². The Morgan fingerprint density at radius 3 is 2.56 bits per heavy atom.